The van der Waals surface area contributed by atoms with Crippen molar-refractivity contribution in [2.45, 2.75) is 19.4 Å². The van der Waals surface area contributed by atoms with Crippen molar-refractivity contribution in [3.05, 3.63) is 34.9 Å². The number of hydrogen-bond donors (Lipinski definition) is 3. The number of benzene rings is 1. The summed E-state index contributed by atoms with van der Waals surface area (Å²) in [5.41, 5.74) is 0.441. The smallest absolute Gasteiger partial charge is 0.335 e. The number of nitrogens with one attached hydrogen (secondary N) is 1. The average molecular weight is 320 g/mol. The summed E-state index contributed by atoms with van der Waals surface area (Å²) in [5, 5.41) is 15.2. The lowest BCUT2D eigenvalue weighted by Crippen LogP contribution is -2.59. The van der Waals surface area contributed by atoms with Gasteiger partial charge in [0.1, 0.15) is 0 Å². The number of piperazine rings is 1. The Morgan fingerprint density at radius 3 is 2.65 bits per heavy atom. The van der Waals surface area contributed by atoms with Crippen LogP contribution in [0.15, 0.2) is 18.2 Å². The van der Waals surface area contributed by atoms with Crippen LogP contribution in [0.2, 0.25) is 0 Å². The second-order valence-electron chi connectivity index (χ2n) is 5.42. The molecule has 0 radical (unpaired) electrons. The summed E-state index contributed by atoms with van der Waals surface area (Å²) in [6.07, 6.45) is 0.806. The predicted molar refractivity (Wildman–Crippen MR) is 82.6 cm³/mol. The van der Waals surface area contributed by atoms with E-state index < -0.39 is 11.9 Å². The van der Waals surface area contributed by atoms with E-state index in [0.717, 1.165) is 6.42 Å². The fraction of sp³-hybridized carbons (Fsp3) is 0.400. The number of carboxylic acid groups (broad SMARTS) is 1. The molecule has 0 spiro atoms. The molecule has 1 atom stereocenters. The molecule has 1 aromatic carbocycles. The number of carboxylic acids is 1. The van der Waals surface area contributed by atoms with Gasteiger partial charge in [0.15, 0.2) is 0 Å². The van der Waals surface area contributed by atoms with Gasteiger partial charge in [-0.1, -0.05) is 6.92 Å². The molecule has 23 heavy (non-hydrogen) atoms. The van der Waals surface area contributed by atoms with Crippen molar-refractivity contribution in [2.24, 2.45) is 0 Å². The van der Waals surface area contributed by atoms with Crippen molar-refractivity contribution in [2.75, 3.05) is 19.6 Å². The summed E-state index contributed by atoms with van der Waals surface area (Å²) in [6, 6.07) is 4.11. The maximum atomic E-state index is 12.6. The molecular weight excluding hydrogens is 300 g/mol. The van der Waals surface area contributed by atoms with Crippen LogP contribution in [0.25, 0.3) is 0 Å². The van der Waals surface area contributed by atoms with Gasteiger partial charge in [-0.15, -0.1) is 0 Å². The Bertz CT molecular complexity index is 661. The monoisotopic (exact) mass is 320 g/mol. The van der Waals surface area contributed by atoms with E-state index in [-0.39, 0.29) is 34.8 Å². The molecular formula is C15H20N4O4. The number of hydrazine groups is 1. The SMILES string of the molecule is CCC1CNCCN1N1C(=O)c2ccc(C(=O)O)cc2C1=O.N. The molecule has 0 aromatic heterocycles. The maximum Gasteiger partial charge on any atom is 0.335 e. The third-order valence-corrected chi connectivity index (χ3v) is 4.16. The van der Waals surface area contributed by atoms with Crippen molar-refractivity contribution in [1.29, 1.82) is 0 Å². The number of nitrogens with zero attached hydrogens (tertiary/aromatic N) is 2. The van der Waals surface area contributed by atoms with E-state index in [4.69, 9.17) is 5.11 Å². The van der Waals surface area contributed by atoms with Crippen molar-refractivity contribution in [3.8, 4) is 0 Å². The summed E-state index contributed by atoms with van der Waals surface area (Å²) in [7, 11) is 0. The summed E-state index contributed by atoms with van der Waals surface area (Å²) in [4.78, 5) is 36.2. The van der Waals surface area contributed by atoms with Gasteiger partial charge in [-0.3, -0.25) is 9.59 Å². The van der Waals surface area contributed by atoms with Gasteiger partial charge in [-0.05, 0) is 24.6 Å². The van der Waals surface area contributed by atoms with Gasteiger partial charge in [0.25, 0.3) is 11.8 Å². The Labute approximate surface area is 133 Å². The first-order chi connectivity index (χ1) is 10.5. The molecule has 2 aliphatic rings. The quantitative estimate of drug-likeness (QED) is 0.701. The standard InChI is InChI=1S/C15H17N3O4.H3N/c1-2-10-8-16-5-6-17(10)18-13(19)11-4-3-9(15(21)22)7-12(11)14(18)20;/h3-4,7,10,16H,2,5-6,8H2,1H3,(H,21,22);1H3. The van der Waals surface area contributed by atoms with Gasteiger partial charge in [-0.2, -0.15) is 0 Å². The molecule has 5 N–H and O–H groups in total. The molecule has 124 valence electrons. The zero-order chi connectivity index (χ0) is 15.9. The van der Waals surface area contributed by atoms with Crippen LogP contribution >= 0.6 is 0 Å². The molecule has 8 nitrogen and oxygen atoms in total. The summed E-state index contributed by atoms with van der Waals surface area (Å²) in [5.74, 6) is -1.93. The third kappa shape index (κ3) is 2.72. The Kier molecular flexibility index (Phi) is 4.79. The van der Waals surface area contributed by atoms with Crippen molar-refractivity contribution in [3.63, 3.8) is 0 Å². The van der Waals surface area contributed by atoms with Gasteiger partial charge in [0.2, 0.25) is 0 Å². The van der Waals surface area contributed by atoms with Crippen LogP contribution in [0.1, 0.15) is 44.4 Å². The van der Waals surface area contributed by atoms with Crippen LogP contribution in [0.4, 0.5) is 0 Å². The van der Waals surface area contributed by atoms with Crippen molar-refractivity contribution < 1.29 is 19.5 Å². The van der Waals surface area contributed by atoms with E-state index in [2.05, 4.69) is 5.32 Å². The summed E-state index contributed by atoms with van der Waals surface area (Å²) >= 11 is 0. The first kappa shape index (κ1) is 17.1. The van der Waals surface area contributed by atoms with Crippen molar-refractivity contribution in [1.82, 2.24) is 21.5 Å². The lowest BCUT2D eigenvalue weighted by molar-refractivity contribution is -0.0303. The first-order valence-corrected chi connectivity index (χ1v) is 7.28. The zero-order valence-electron chi connectivity index (χ0n) is 12.9. The van der Waals surface area contributed by atoms with Gasteiger partial charge < -0.3 is 16.6 Å². The van der Waals surface area contributed by atoms with E-state index >= 15 is 0 Å². The topological polar surface area (TPSA) is 125 Å². The number of carbonyl (C=O) groups is 3. The van der Waals surface area contributed by atoms with Gasteiger partial charge in [-0.25, -0.2) is 14.8 Å². The van der Waals surface area contributed by atoms with Crippen LogP contribution in [0, 0.1) is 0 Å². The molecule has 0 bridgehead atoms. The van der Waals surface area contributed by atoms with E-state index in [9.17, 15) is 14.4 Å². The largest absolute Gasteiger partial charge is 0.478 e. The third-order valence-electron chi connectivity index (χ3n) is 4.16. The minimum atomic E-state index is -1.12. The molecule has 3 rings (SSSR count). The number of rotatable bonds is 3. The second-order valence-corrected chi connectivity index (χ2v) is 5.42. The summed E-state index contributed by atoms with van der Waals surface area (Å²) in [6.45, 7) is 3.98. The van der Waals surface area contributed by atoms with Crippen LogP contribution in [0.3, 0.4) is 0 Å². The highest BCUT2D eigenvalue weighted by Crippen LogP contribution is 2.27. The molecule has 1 aromatic rings. The average Bonchev–Trinajstić information content (AvgIpc) is 2.78. The Balaban J connectivity index is 0.00000192. The van der Waals surface area contributed by atoms with Gasteiger partial charge in [0.05, 0.1) is 16.7 Å². The second kappa shape index (κ2) is 6.45. The molecule has 1 fully saturated rings. The van der Waals surface area contributed by atoms with Crippen LogP contribution in [0.5, 0.6) is 0 Å². The minimum Gasteiger partial charge on any atom is -0.478 e. The van der Waals surface area contributed by atoms with Gasteiger partial charge >= 0.3 is 5.97 Å². The number of aromatic carboxylic acids is 1. The highest BCUT2D eigenvalue weighted by atomic mass is 16.4. The van der Waals surface area contributed by atoms with E-state index in [1.807, 2.05) is 6.92 Å². The molecule has 1 saturated heterocycles. The van der Waals surface area contributed by atoms with Crippen LogP contribution in [-0.2, 0) is 0 Å². The van der Waals surface area contributed by atoms with E-state index in [0.29, 0.717) is 19.6 Å². The molecule has 1 unspecified atom stereocenters. The fourth-order valence-corrected chi connectivity index (χ4v) is 2.96. The lowest BCUT2D eigenvalue weighted by Gasteiger charge is -2.39. The number of imide groups is 1. The highest BCUT2D eigenvalue weighted by molar-refractivity contribution is 6.21. The molecule has 2 heterocycles. The number of amides is 2. The zero-order valence-corrected chi connectivity index (χ0v) is 12.9. The minimum absolute atomic E-state index is 0. The lowest BCUT2D eigenvalue weighted by atomic mass is 10.1. The number of hydrogen-bond acceptors (Lipinski definition) is 6. The fourth-order valence-electron chi connectivity index (χ4n) is 2.96. The highest BCUT2D eigenvalue weighted by Gasteiger charge is 2.42. The first-order valence-electron chi connectivity index (χ1n) is 7.28. The number of carbonyl (C=O) groups excluding carboxylic acids is 2. The Hall–Kier alpha value is -2.29. The Morgan fingerprint density at radius 1 is 1.30 bits per heavy atom. The summed E-state index contributed by atoms with van der Waals surface area (Å²) < 4.78 is 0. The predicted octanol–water partition coefficient (Wildman–Crippen LogP) is 0.742. The van der Waals surface area contributed by atoms with Crippen LogP contribution in [-0.4, -0.2) is 58.6 Å². The van der Waals surface area contributed by atoms with Gasteiger partial charge in [0, 0.05) is 25.7 Å². The molecule has 0 aliphatic carbocycles. The molecule has 2 aliphatic heterocycles. The normalized spacial score (nSPS) is 21.1. The maximum absolute atomic E-state index is 12.6. The molecule has 2 amide bonds. The molecule has 0 saturated carbocycles. The van der Waals surface area contributed by atoms with Crippen LogP contribution < -0.4 is 11.5 Å². The Morgan fingerprint density at radius 2 is 2.00 bits per heavy atom. The van der Waals surface area contributed by atoms with Crippen molar-refractivity contribution >= 4 is 17.8 Å². The molecule has 8 heteroatoms. The van der Waals surface area contributed by atoms with E-state index in [1.54, 1.807) is 5.01 Å². The number of fused-ring (bicyclic) bond motifs is 1. The van der Waals surface area contributed by atoms with E-state index in [1.165, 1.54) is 23.2 Å².